The lowest BCUT2D eigenvalue weighted by Gasteiger charge is -2.48. The summed E-state index contributed by atoms with van der Waals surface area (Å²) in [7, 11) is -5.53. The molecule has 2 aromatic rings. The second-order valence-corrected chi connectivity index (χ2v) is 18.8. The minimum Gasteiger partial charge on any atom is -0.416 e. The standard InChI is InChI=1S/C32H50NO8PSi/c1-23(2)32(4,5)43(7,8)40-22-27-19-28(41-42(35,36)37-6)29(33-24(3)34)31(39-21-26-17-13-10-14-18-26)30(27)38-20-25-15-11-9-12-16-25/h9-18,23,27-31H,19-22H2,1-8H3,(H,33,34)(H,35,36)/t27-,28+,29-,30-,31-/m1/s1. The van der Waals surface area contributed by atoms with Crippen LogP contribution in [0.5, 0.6) is 0 Å². The molecule has 0 heterocycles. The summed E-state index contributed by atoms with van der Waals surface area (Å²) < 4.78 is 43.2. The molecule has 1 unspecified atom stereocenters. The summed E-state index contributed by atoms with van der Waals surface area (Å²) in [6.07, 6.45) is -1.85. The number of hydrogen-bond donors (Lipinski definition) is 2. The third kappa shape index (κ3) is 9.80. The monoisotopic (exact) mass is 635 g/mol. The number of rotatable bonds is 15. The molecule has 0 aliphatic heterocycles. The Labute approximate surface area is 258 Å². The van der Waals surface area contributed by atoms with Crippen LogP contribution in [0.25, 0.3) is 0 Å². The fourth-order valence-electron chi connectivity index (χ4n) is 5.32. The molecule has 0 radical (unpaired) electrons. The summed E-state index contributed by atoms with van der Waals surface area (Å²) >= 11 is 0. The van der Waals surface area contributed by atoms with E-state index in [1.54, 1.807) is 0 Å². The van der Waals surface area contributed by atoms with Crippen molar-refractivity contribution >= 4 is 22.0 Å². The highest BCUT2D eigenvalue weighted by Crippen LogP contribution is 2.48. The SMILES string of the molecule is COP(=O)(O)O[C@H]1C[C@H](CO[Si](C)(C)C(C)(C)C(C)C)[C@@H](OCc2ccccc2)[C@H](OCc2ccccc2)[C@@H]1NC(C)=O. The van der Waals surface area contributed by atoms with E-state index in [-0.39, 0.29) is 29.9 Å². The van der Waals surface area contributed by atoms with Crippen LogP contribution in [0, 0.1) is 11.8 Å². The van der Waals surface area contributed by atoms with Gasteiger partial charge in [-0.05, 0) is 41.6 Å². The van der Waals surface area contributed by atoms with Crippen molar-refractivity contribution in [1.29, 1.82) is 0 Å². The summed E-state index contributed by atoms with van der Waals surface area (Å²) in [6, 6.07) is 18.8. The van der Waals surface area contributed by atoms with E-state index in [0.29, 0.717) is 19.1 Å². The Morgan fingerprint density at radius 1 is 1.00 bits per heavy atom. The summed E-state index contributed by atoms with van der Waals surface area (Å²) in [5.41, 5.74) is 1.94. The molecule has 2 aromatic carbocycles. The van der Waals surface area contributed by atoms with Gasteiger partial charge in [0, 0.05) is 26.6 Å². The molecule has 0 saturated heterocycles. The number of carbonyl (C=O) groups excluding carboxylic acids is 1. The second kappa shape index (κ2) is 15.4. The Morgan fingerprint density at radius 3 is 1.98 bits per heavy atom. The number of carbonyl (C=O) groups is 1. The van der Waals surface area contributed by atoms with Crippen molar-refractivity contribution in [3.63, 3.8) is 0 Å². The molecule has 1 amide bonds. The van der Waals surface area contributed by atoms with Gasteiger partial charge in [0.05, 0.1) is 31.5 Å². The maximum absolute atomic E-state index is 12.7. The van der Waals surface area contributed by atoms with Crippen LogP contribution in [-0.4, -0.2) is 57.2 Å². The Bertz CT molecular complexity index is 1200. The number of phosphoric acid groups is 1. The summed E-state index contributed by atoms with van der Waals surface area (Å²) in [5.74, 6) is -0.179. The van der Waals surface area contributed by atoms with E-state index >= 15 is 0 Å². The van der Waals surface area contributed by atoms with Gasteiger partial charge in [-0.15, -0.1) is 0 Å². The largest absolute Gasteiger partial charge is 0.472 e. The fourth-order valence-corrected chi connectivity index (χ4v) is 8.36. The minimum absolute atomic E-state index is 0.0171. The van der Waals surface area contributed by atoms with Crippen LogP contribution in [-0.2, 0) is 45.5 Å². The zero-order valence-corrected chi connectivity index (χ0v) is 28.7. The van der Waals surface area contributed by atoms with Gasteiger partial charge in [0.15, 0.2) is 8.32 Å². The van der Waals surface area contributed by atoms with Crippen molar-refractivity contribution in [3.8, 4) is 0 Å². The van der Waals surface area contributed by atoms with Gasteiger partial charge < -0.3 is 24.1 Å². The highest BCUT2D eigenvalue weighted by atomic mass is 31.2. The smallest absolute Gasteiger partial charge is 0.416 e. The molecule has 2 N–H and O–H groups in total. The molecule has 1 aliphatic rings. The first-order valence-corrected chi connectivity index (χ1v) is 19.4. The first kappa shape index (κ1) is 35.6. The Morgan fingerprint density at radius 2 is 1.51 bits per heavy atom. The van der Waals surface area contributed by atoms with Gasteiger partial charge in [-0.2, -0.15) is 0 Å². The van der Waals surface area contributed by atoms with Crippen LogP contribution in [0.3, 0.4) is 0 Å². The van der Waals surface area contributed by atoms with Crippen molar-refractivity contribution in [2.24, 2.45) is 11.8 Å². The second-order valence-electron chi connectivity index (χ2n) is 12.7. The van der Waals surface area contributed by atoms with Crippen LogP contribution in [0.15, 0.2) is 60.7 Å². The van der Waals surface area contributed by atoms with E-state index in [0.717, 1.165) is 18.2 Å². The molecule has 1 saturated carbocycles. The molecular weight excluding hydrogens is 585 g/mol. The van der Waals surface area contributed by atoms with Gasteiger partial charge in [0.2, 0.25) is 5.91 Å². The van der Waals surface area contributed by atoms with Crippen molar-refractivity contribution < 1.29 is 37.2 Å². The molecule has 3 rings (SSSR count). The molecule has 43 heavy (non-hydrogen) atoms. The average Bonchev–Trinajstić information content (AvgIpc) is 2.96. The number of nitrogens with one attached hydrogen (secondary N) is 1. The maximum atomic E-state index is 12.7. The fraction of sp³-hybridized carbons (Fsp3) is 0.594. The summed E-state index contributed by atoms with van der Waals surface area (Å²) in [6.45, 7) is 15.7. The number of amides is 1. The maximum Gasteiger partial charge on any atom is 0.472 e. The predicted octanol–water partition coefficient (Wildman–Crippen LogP) is 6.47. The van der Waals surface area contributed by atoms with Crippen molar-refractivity contribution in [2.75, 3.05) is 13.7 Å². The topological polar surface area (TPSA) is 113 Å². The molecule has 9 nitrogen and oxygen atoms in total. The van der Waals surface area contributed by atoms with E-state index in [1.807, 2.05) is 60.7 Å². The van der Waals surface area contributed by atoms with Crippen LogP contribution in [0.1, 0.15) is 52.2 Å². The van der Waals surface area contributed by atoms with Gasteiger partial charge in [-0.1, -0.05) is 88.4 Å². The van der Waals surface area contributed by atoms with E-state index in [9.17, 15) is 14.3 Å². The average molecular weight is 636 g/mol. The summed E-state index contributed by atoms with van der Waals surface area (Å²) in [4.78, 5) is 22.8. The van der Waals surface area contributed by atoms with Crippen LogP contribution < -0.4 is 5.32 Å². The lowest BCUT2D eigenvalue weighted by molar-refractivity contribution is -0.170. The van der Waals surface area contributed by atoms with Crippen molar-refractivity contribution in [3.05, 3.63) is 71.8 Å². The first-order chi connectivity index (χ1) is 20.2. The molecular formula is C32H50NO8PSi. The third-order valence-corrected chi connectivity index (χ3v) is 14.7. The molecule has 1 fully saturated rings. The number of hydrogen-bond acceptors (Lipinski definition) is 7. The van der Waals surface area contributed by atoms with Gasteiger partial charge in [-0.3, -0.25) is 13.8 Å². The number of benzene rings is 2. The van der Waals surface area contributed by atoms with Crippen molar-refractivity contribution in [2.45, 2.75) is 96.7 Å². The van der Waals surface area contributed by atoms with E-state index < -0.39 is 40.5 Å². The number of ether oxygens (including phenoxy) is 2. The molecule has 240 valence electrons. The highest BCUT2D eigenvalue weighted by Gasteiger charge is 2.51. The van der Waals surface area contributed by atoms with E-state index in [2.05, 4.69) is 46.1 Å². The van der Waals surface area contributed by atoms with Gasteiger partial charge >= 0.3 is 7.82 Å². The lowest BCUT2D eigenvalue weighted by atomic mass is 9.79. The summed E-state index contributed by atoms with van der Waals surface area (Å²) in [5, 5.41) is 2.92. The van der Waals surface area contributed by atoms with E-state index in [4.69, 9.17) is 22.9 Å². The van der Waals surface area contributed by atoms with Gasteiger partial charge in [0.1, 0.15) is 6.10 Å². The minimum atomic E-state index is -4.41. The van der Waals surface area contributed by atoms with Crippen LogP contribution in [0.4, 0.5) is 0 Å². The number of phosphoric ester groups is 1. The quantitative estimate of drug-likeness (QED) is 0.169. The van der Waals surface area contributed by atoms with Crippen LogP contribution >= 0.6 is 7.82 Å². The zero-order valence-electron chi connectivity index (χ0n) is 26.8. The molecule has 6 atom stereocenters. The molecule has 0 aromatic heterocycles. The predicted molar refractivity (Wildman–Crippen MR) is 170 cm³/mol. The highest BCUT2D eigenvalue weighted by molar-refractivity contribution is 7.47. The Hall–Kier alpha value is -1.88. The molecule has 1 aliphatic carbocycles. The Kier molecular flexibility index (Phi) is 12.8. The van der Waals surface area contributed by atoms with E-state index in [1.165, 1.54) is 6.92 Å². The zero-order chi connectivity index (χ0) is 31.8. The normalized spacial score (nSPS) is 24.5. The molecule has 0 bridgehead atoms. The molecule has 11 heteroatoms. The van der Waals surface area contributed by atoms with Gasteiger partial charge in [0.25, 0.3) is 0 Å². The molecule has 0 spiro atoms. The van der Waals surface area contributed by atoms with Gasteiger partial charge in [-0.25, -0.2) is 4.57 Å². The lowest BCUT2D eigenvalue weighted by Crippen LogP contribution is -2.63. The van der Waals surface area contributed by atoms with Crippen molar-refractivity contribution in [1.82, 2.24) is 5.32 Å². The van der Waals surface area contributed by atoms with Crippen LogP contribution in [0.2, 0.25) is 18.1 Å². The third-order valence-electron chi connectivity index (χ3n) is 9.17. The first-order valence-electron chi connectivity index (χ1n) is 15.0. The Balaban J connectivity index is 2.02.